The van der Waals surface area contributed by atoms with Crippen LogP contribution in [0.1, 0.15) is 13.3 Å². The summed E-state index contributed by atoms with van der Waals surface area (Å²) in [5.74, 6) is 0.754. The van der Waals surface area contributed by atoms with Gasteiger partial charge in [-0.3, -0.25) is 0 Å². The molecule has 0 atom stereocenters. The van der Waals surface area contributed by atoms with Gasteiger partial charge in [-0.05, 0) is 0 Å². The Morgan fingerprint density at radius 2 is 1.59 bits per heavy atom. The zero-order chi connectivity index (χ0) is 17.9. The summed E-state index contributed by atoms with van der Waals surface area (Å²) >= 11 is 1.51. The van der Waals surface area contributed by atoms with E-state index >= 15 is 0 Å². The van der Waals surface area contributed by atoms with E-state index < -0.39 is 0 Å². The average Bonchev–Trinajstić information content (AvgIpc) is 3.28. The first-order chi connectivity index (χ1) is 12.3. The number of halogens is 2. The maximum Gasteiger partial charge on any atom is 0.107 e. The summed E-state index contributed by atoms with van der Waals surface area (Å²) in [6.07, 6.45) is 7.62. The van der Waals surface area contributed by atoms with Crippen molar-refractivity contribution < 1.29 is 58.9 Å². The van der Waals surface area contributed by atoms with E-state index in [9.17, 15) is 0 Å². The van der Waals surface area contributed by atoms with Gasteiger partial charge in [0.1, 0.15) is 6.61 Å². The first-order valence-corrected chi connectivity index (χ1v) is 9.71. The Morgan fingerprint density at radius 1 is 1.07 bits per heavy atom. The molecule has 1 N–H and O–H groups in total. The van der Waals surface area contributed by atoms with Crippen LogP contribution >= 0.6 is 0 Å². The van der Waals surface area contributed by atoms with Crippen LogP contribution in [0.4, 0.5) is 0 Å². The normalized spacial score (nSPS) is 11.2. The van der Waals surface area contributed by atoms with Gasteiger partial charge in [-0.2, -0.15) is 12.2 Å². The molecule has 27 heavy (non-hydrogen) atoms. The third kappa shape index (κ3) is 8.19. The maximum atomic E-state index is 8.34. The van der Waals surface area contributed by atoms with E-state index in [4.69, 9.17) is 9.84 Å². The van der Waals surface area contributed by atoms with Gasteiger partial charge in [0, 0.05) is 0 Å². The largest absolute Gasteiger partial charge is 1.00 e. The van der Waals surface area contributed by atoms with Gasteiger partial charge in [-0.1, -0.05) is 42.2 Å². The van der Waals surface area contributed by atoms with Gasteiger partial charge in [-0.25, -0.2) is 6.08 Å². The van der Waals surface area contributed by atoms with Crippen LogP contribution in [-0.2, 0) is 29.0 Å². The Kier molecular flexibility index (Phi) is 14.3. The number of rotatable bonds is 3. The molecule has 5 heteroatoms. The van der Waals surface area contributed by atoms with Crippen LogP contribution in [0.2, 0.25) is 0 Å². The number of fused-ring (bicyclic) bond motifs is 3. The Hall–Kier alpha value is -1.12. The first kappa shape index (κ1) is 25.9. The molecule has 0 amide bonds. The molecule has 2 nitrogen and oxygen atoms in total. The van der Waals surface area contributed by atoms with Crippen molar-refractivity contribution in [3.8, 4) is 0 Å². The molecule has 0 heterocycles. The predicted molar refractivity (Wildman–Crippen MR) is 102 cm³/mol. The fourth-order valence-electron chi connectivity index (χ4n) is 2.54. The van der Waals surface area contributed by atoms with E-state index in [0.717, 1.165) is 12.2 Å². The summed E-state index contributed by atoms with van der Waals surface area (Å²) in [6.45, 7) is 2.48. The molecule has 4 rings (SSSR count). The van der Waals surface area contributed by atoms with Gasteiger partial charge in [0.2, 0.25) is 0 Å². The fourth-order valence-corrected chi connectivity index (χ4v) is 2.54. The van der Waals surface area contributed by atoms with Crippen molar-refractivity contribution in [1.82, 2.24) is 0 Å². The summed E-state index contributed by atoms with van der Waals surface area (Å²) in [6, 6.07) is 19.3. The van der Waals surface area contributed by atoms with Crippen LogP contribution in [-0.4, -0.2) is 22.0 Å². The van der Waals surface area contributed by atoms with Crippen LogP contribution in [0, 0.1) is 6.08 Å². The second-order valence-corrected chi connectivity index (χ2v) is 6.75. The zero-order valence-electron chi connectivity index (χ0n) is 15.2. The van der Waals surface area contributed by atoms with E-state index in [1.54, 1.807) is 0 Å². The molecular formula is C22H22Cl2O2Zr-2. The predicted octanol–water partition coefficient (Wildman–Crippen LogP) is -1.28. The summed E-state index contributed by atoms with van der Waals surface area (Å²) in [5, 5.41) is 13.7. The van der Waals surface area contributed by atoms with Crippen molar-refractivity contribution in [3.63, 3.8) is 0 Å². The number of allylic oxidation sites excluding steroid dienone is 3. The van der Waals surface area contributed by atoms with E-state index in [0.29, 0.717) is 6.61 Å². The summed E-state index contributed by atoms with van der Waals surface area (Å²) in [7, 11) is 0. The minimum absolute atomic E-state index is 0. The summed E-state index contributed by atoms with van der Waals surface area (Å²) in [4.78, 5) is 0. The molecule has 1 aliphatic rings. The number of benzene rings is 2. The van der Waals surface area contributed by atoms with Gasteiger partial charge in [-0.15, -0.1) is 46.2 Å². The number of hydrogen-bond donors (Lipinski definition) is 1. The quantitative estimate of drug-likeness (QED) is 0.474. The van der Waals surface area contributed by atoms with Gasteiger partial charge < -0.3 is 34.7 Å². The molecule has 0 spiro atoms. The fraction of sp³-hybridized carbons (Fsp3) is 0.182. The van der Waals surface area contributed by atoms with Crippen molar-refractivity contribution in [2.75, 3.05) is 13.2 Å². The van der Waals surface area contributed by atoms with Crippen LogP contribution < -0.4 is 24.8 Å². The number of aliphatic hydroxyl groups is 1. The summed E-state index contributed by atoms with van der Waals surface area (Å²) < 4.78 is 7.11. The molecule has 0 aliphatic heterocycles. The summed E-state index contributed by atoms with van der Waals surface area (Å²) in [5.41, 5.74) is 0. The molecule has 1 aliphatic carbocycles. The second kappa shape index (κ2) is 14.9. The topological polar surface area (TPSA) is 29.5 Å². The molecule has 0 unspecified atom stereocenters. The van der Waals surface area contributed by atoms with Crippen LogP contribution in [0.3, 0.4) is 0 Å². The van der Waals surface area contributed by atoms with Gasteiger partial charge in [0.05, 0.1) is 6.61 Å². The van der Waals surface area contributed by atoms with Crippen molar-refractivity contribution in [2.45, 2.75) is 13.3 Å². The SMILES string of the molecule is C[CH]=[Zr+2].OCCOC1=[C-]CC=C1.[Cl-].[Cl-].c1ccc2c(c1)[cH-]c1ccccc12. The molecule has 142 valence electrons. The molecule has 3 aromatic rings. The molecule has 0 aromatic heterocycles. The Balaban J connectivity index is 0.000000430. The molecule has 0 bridgehead atoms. The van der Waals surface area contributed by atoms with Crippen LogP contribution in [0.15, 0.2) is 72.5 Å². The minimum atomic E-state index is 0. The number of hydrogen-bond acceptors (Lipinski definition) is 2. The second-order valence-electron chi connectivity index (χ2n) is 5.33. The van der Waals surface area contributed by atoms with Gasteiger partial charge >= 0.3 is 34.9 Å². The van der Waals surface area contributed by atoms with Gasteiger partial charge in [0.25, 0.3) is 0 Å². The molecular weight excluding hydrogens is 458 g/mol. The van der Waals surface area contributed by atoms with Crippen LogP contribution in [0.25, 0.3) is 21.5 Å². The Labute approximate surface area is 188 Å². The van der Waals surface area contributed by atoms with Crippen molar-refractivity contribution in [2.24, 2.45) is 0 Å². The minimum Gasteiger partial charge on any atom is -1.00 e. The standard InChI is InChI=1S/C13H9.C7H9O2.C2H4.2ClH.Zr/c1-3-7-12-10(5-1)9-11-6-2-4-8-13(11)12;8-5-6-9-7-3-1-2-4-7;1-2;;;/h1-9H;1,3,8H,2,5-6H2;1H,2H3;2*1H;/q2*-1;;;;+2/p-2. The van der Waals surface area contributed by atoms with E-state index in [1.165, 1.54) is 45.8 Å². The first-order valence-electron chi connectivity index (χ1n) is 8.29. The smallest absolute Gasteiger partial charge is 0.107 e. The van der Waals surface area contributed by atoms with Crippen LogP contribution in [0.5, 0.6) is 0 Å². The third-order valence-electron chi connectivity index (χ3n) is 3.53. The Bertz CT molecular complexity index is 819. The molecule has 0 saturated heterocycles. The number of ether oxygens (including phenoxy) is 1. The third-order valence-corrected chi connectivity index (χ3v) is 3.53. The van der Waals surface area contributed by atoms with Crippen molar-refractivity contribution in [3.05, 3.63) is 78.6 Å². The molecule has 0 saturated carbocycles. The molecule has 0 radical (unpaired) electrons. The Morgan fingerprint density at radius 3 is 2.04 bits per heavy atom. The molecule has 0 fully saturated rings. The van der Waals surface area contributed by atoms with Crippen molar-refractivity contribution >= 4 is 25.3 Å². The molecule has 3 aromatic carbocycles. The zero-order valence-corrected chi connectivity index (χ0v) is 19.1. The monoisotopic (exact) mass is 478 g/mol. The van der Waals surface area contributed by atoms with E-state index in [-0.39, 0.29) is 31.4 Å². The number of aliphatic hydroxyl groups excluding tert-OH is 1. The van der Waals surface area contributed by atoms with E-state index in [2.05, 4.69) is 64.4 Å². The van der Waals surface area contributed by atoms with Crippen molar-refractivity contribution in [1.29, 1.82) is 0 Å². The van der Waals surface area contributed by atoms with Gasteiger partial charge in [0.15, 0.2) is 0 Å². The van der Waals surface area contributed by atoms with E-state index in [1.807, 2.05) is 19.1 Å². The maximum absolute atomic E-state index is 8.34. The average molecular weight is 481 g/mol.